The lowest BCUT2D eigenvalue weighted by Crippen LogP contribution is -2.28. The predicted molar refractivity (Wildman–Crippen MR) is 115 cm³/mol. The Morgan fingerprint density at radius 1 is 1.03 bits per heavy atom. The molecule has 7 nitrogen and oxygen atoms in total. The smallest absolute Gasteiger partial charge is 0.270 e. The number of fused-ring (bicyclic) bond motifs is 1. The van der Waals surface area contributed by atoms with Gasteiger partial charge in [-0.2, -0.15) is 5.10 Å². The highest BCUT2D eigenvalue weighted by atomic mass is 16.5. The van der Waals surface area contributed by atoms with Crippen molar-refractivity contribution in [2.75, 3.05) is 27.4 Å². The fraction of sp³-hybridized carbons (Fsp3) is 0.174. The van der Waals surface area contributed by atoms with Gasteiger partial charge in [0.2, 0.25) is 0 Å². The first-order valence-electron chi connectivity index (χ1n) is 9.58. The van der Waals surface area contributed by atoms with Gasteiger partial charge in [0, 0.05) is 30.8 Å². The highest BCUT2D eigenvalue weighted by Gasteiger charge is 2.18. The molecule has 0 saturated heterocycles. The molecule has 0 aliphatic heterocycles. The lowest BCUT2D eigenvalue weighted by molar-refractivity contribution is 0.0932. The minimum atomic E-state index is -0.270. The molecule has 30 heavy (non-hydrogen) atoms. The third-order valence-corrected chi connectivity index (χ3v) is 4.70. The van der Waals surface area contributed by atoms with Crippen LogP contribution in [0.5, 0.6) is 5.75 Å². The van der Waals surface area contributed by atoms with Gasteiger partial charge in [-0.1, -0.05) is 42.5 Å². The van der Waals surface area contributed by atoms with E-state index in [4.69, 9.17) is 14.6 Å². The average Bonchev–Trinajstić information content (AvgIpc) is 3.23. The van der Waals surface area contributed by atoms with E-state index in [2.05, 4.69) is 10.3 Å². The Morgan fingerprint density at radius 2 is 1.80 bits per heavy atom. The van der Waals surface area contributed by atoms with Crippen molar-refractivity contribution in [2.24, 2.45) is 0 Å². The van der Waals surface area contributed by atoms with Crippen molar-refractivity contribution >= 4 is 11.6 Å². The van der Waals surface area contributed by atoms with Gasteiger partial charge in [0.1, 0.15) is 11.4 Å². The molecule has 7 heteroatoms. The standard InChI is InChI=1S/C23H22N4O3/c1-29-13-12-24-23(28)19-14-20(17-10-6-7-11-21(17)30-2)27-22(25-19)15-18(26-27)16-8-4-3-5-9-16/h3-11,14-15H,12-13H2,1-2H3,(H,24,28). The second kappa shape index (κ2) is 8.75. The van der Waals surface area contributed by atoms with Crippen molar-refractivity contribution < 1.29 is 14.3 Å². The Morgan fingerprint density at radius 3 is 2.57 bits per heavy atom. The lowest BCUT2D eigenvalue weighted by atomic mass is 10.1. The van der Waals surface area contributed by atoms with Gasteiger partial charge in [-0.3, -0.25) is 4.79 Å². The highest BCUT2D eigenvalue weighted by Crippen LogP contribution is 2.31. The van der Waals surface area contributed by atoms with Crippen LogP contribution in [-0.2, 0) is 4.74 Å². The minimum Gasteiger partial charge on any atom is -0.496 e. The van der Waals surface area contributed by atoms with Crippen molar-refractivity contribution in [3.8, 4) is 28.3 Å². The molecule has 0 saturated carbocycles. The van der Waals surface area contributed by atoms with Crippen LogP contribution >= 0.6 is 0 Å². The van der Waals surface area contributed by atoms with Crippen molar-refractivity contribution in [1.29, 1.82) is 0 Å². The van der Waals surface area contributed by atoms with Crippen LogP contribution in [0.4, 0.5) is 0 Å². The molecule has 1 amide bonds. The molecule has 0 atom stereocenters. The molecule has 0 aliphatic carbocycles. The van der Waals surface area contributed by atoms with Crippen LogP contribution in [-0.4, -0.2) is 47.9 Å². The molecule has 2 heterocycles. The number of benzene rings is 2. The number of hydrogen-bond donors (Lipinski definition) is 1. The third kappa shape index (κ3) is 3.88. The fourth-order valence-corrected chi connectivity index (χ4v) is 3.25. The number of para-hydroxylation sites is 1. The van der Waals surface area contributed by atoms with Crippen LogP contribution in [0.15, 0.2) is 66.7 Å². The van der Waals surface area contributed by atoms with E-state index in [1.165, 1.54) is 0 Å². The zero-order valence-corrected chi connectivity index (χ0v) is 16.8. The number of rotatable bonds is 7. The second-order valence-electron chi connectivity index (χ2n) is 6.64. The molecule has 0 unspecified atom stereocenters. The predicted octanol–water partition coefficient (Wildman–Crippen LogP) is 3.45. The summed E-state index contributed by atoms with van der Waals surface area (Å²) in [5, 5.41) is 7.58. The molecule has 152 valence electrons. The zero-order chi connectivity index (χ0) is 20.9. The molecule has 4 rings (SSSR count). The normalized spacial score (nSPS) is 10.9. The van der Waals surface area contributed by atoms with Crippen molar-refractivity contribution in [1.82, 2.24) is 19.9 Å². The molecule has 4 aromatic rings. The average molecular weight is 402 g/mol. The van der Waals surface area contributed by atoms with Crippen LogP contribution in [0.2, 0.25) is 0 Å². The number of aromatic nitrogens is 3. The Labute approximate surface area is 174 Å². The van der Waals surface area contributed by atoms with Gasteiger partial charge in [-0.05, 0) is 18.2 Å². The minimum absolute atomic E-state index is 0.270. The Bertz CT molecular complexity index is 1170. The van der Waals surface area contributed by atoms with E-state index in [9.17, 15) is 4.79 Å². The summed E-state index contributed by atoms with van der Waals surface area (Å²) in [6.45, 7) is 0.832. The largest absolute Gasteiger partial charge is 0.496 e. The van der Waals surface area contributed by atoms with E-state index in [1.807, 2.05) is 60.7 Å². The third-order valence-electron chi connectivity index (χ3n) is 4.70. The molecule has 0 bridgehead atoms. The van der Waals surface area contributed by atoms with E-state index in [0.717, 1.165) is 22.5 Å². The number of methoxy groups -OCH3 is 2. The van der Waals surface area contributed by atoms with E-state index in [0.29, 0.717) is 30.2 Å². The Balaban J connectivity index is 1.88. The first-order valence-corrected chi connectivity index (χ1v) is 9.58. The number of nitrogens with zero attached hydrogens (tertiary/aromatic N) is 3. The topological polar surface area (TPSA) is 77.8 Å². The van der Waals surface area contributed by atoms with Crippen molar-refractivity contribution in [3.63, 3.8) is 0 Å². The van der Waals surface area contributed by atoms with E-state index >= 15 is 0 Å². The van der Waals surface area contributed by atoms with Crippen LogP contribution < -0.4 is 10.1 Å². The van der Waals surface area contributed by atoms with E-state index < -0.39 is 0 Å². The van der Waals surface area contributed by atoms with Gasteiger partial charge in [-0.15, -0.1) is 0 Å². The van der Waals surface area contributed by atoms with E-state index in [-0.39, 0.29) is 5.91 Å². The molecule has 0 spiro atoms. The van der Waals surface area contributed by atoms with Crippen molar-refractivity contribution in [2.45, 2.75) is 0 Å². The first kappa shape index (κ1) is 19.6. The summed E-state index contributed by atoms with van der Waals surface area (Å²) in [7, 11) is 3.21. The van der Waals surface area contributed by atoms with Gasteiger partial charge in [0.15, 0.2) is 5.65 Å². The van der Waals surface area contributed by atoms with Gasteiger partial charge in [-0.25, -0.2) is 9.50 Å². The van der Waals surface area contributed by atoms with Gasteiger partial charge < -0.3 is 14.8 Å². The summed E-state index contributed by atoms with van der Waals surface area (Å²) in [5.74, 6) is 0.417. The van der Waals surface area contributed by atoms with Gasteiger partial charge in [0.25, 0.3) is 5.91 Å². The zero-order valence-electron chi connectivity index (χ0n) is 16.8. The molecular formula is C23H22N4O3. The monoisotopic (exact) mass is 402 g/mol. The SMILES string of the molecule is COCCNC(=O)c1cc(-c2ccccc2OC)n2nc(-c3ccccc3)cc2n1. The number of amides is 1. The second-order valence-corrected chi connectivity index (χ2v) is 6.64. The highest BCUT2D eigenvalue weighted by molar-refractivity contribution is 5.94. The fourth-order valence-electron chi connectivity index (χ4n) is 3.25. The van der Waals surface area contributed by atoms with E-state index in [1.54, 1.807) is 24.8 Å². The lowest BCUT2D eigenvalue weighted by Gasteiger charge is -2.11. The van der Waals surface area contributed by atoms with Gasteiger partial charge >= 0.3 is 0 Å². The van der Waals surface area contributed by atoms with Crippen LogP contribution in [0.25, 0.3) is 28.2 Å². The van der Waals surface area contributed by atoms with Crippen molar-refractivity contribution in [3.05, 3.63) is 72.4 Å². The number of carbonyl (C=O) groups is 1. The maximum Gasteiger partial charge on any atom is 0.270 e. The molecule has 0 aliphatic rings. The number of carbonyl (C=O) groups excluding carboxylic acids is 1. The molecule has 0 fully saturated rings. The maximum absolute atomic E-state index is 12.7. The molecule has 0 radical (unpaired) electrons. The number of ether oxygens (including phenoxy) is 2. The molecular weight excluding hydrogens is 380 g/mol. The summed E-state index contributed by atoms with van der Waals surface area (Å²) < 4.78 is 12.3. The van der Waals surface area contributed by atoms with Crippen LogP contribution in [0.1, 0.15) is 10.5 Å². The number of hydrogen-bond acceptors (Lipinski definition) is 5. The Kier molecular flexibility index (Phi) is 5.72. The molecule has 1 N–H and O–H groups in total. The summed E-state index contributed by atoms with van der Waals surface area (Å²) in [5.41, 5.74) is 4.17. The Hall–Kier alpha value is -3.71. The van der Waals surface area contributed by atoms with Crippen LogP contribution in [0.3, 0.4) is 0 Å². The summed E-state index contributed by atoms with van der Waals surface area (Å²) >= 11 is 0. The summed E-state index contributed by atoms with van der Waals surface area (Å²) in [4.78, 5) is 17.2. The molecule has 2 aromatic heterocycles. The van der Waals surface area contributed by atoms with Crippen LogP contribution in [0, 0.1) is 0 Å². The van der Waals surface area contributed by atoms with Gasteiger partial charge in [0.05, 0.1) is 25.1 Å². The quantitative estimate of drug-likeness (QED) is 0.479. The maximum atomic E-state index is 12.7. The first-order chi connectivity index (χ1) is 14.7. The number of nitrogens with one attached hydrogen (secondary N) is 1. The summed E-state index contributed by atoms with van der Waals surface area (Å²) in [6, 6.07) is 21.1. The molecule has 2 aromatic carbocycles. The summed E-state index contributed by atoms with van der Waals surface area (Å²) in [6.07, 6.45) is 0.